The third-order valence-corrected chi connectivity index (χ3v) is 4.99. The Balaban J connectivity index is 1.66. The number of aryl methyl sites for hydroxylation is 1. The Hall–Kier alpha value is -2.60. The van der Waals surface area contributed by atoms with E-state index in [0.717, 1.165) is 16.5 Å². The molecule has 1 heterocycles. The summed E-state index contributed by atoms with van der Waals surface area (Å²) in [6, 6.07) is 15.7. The van der Waals surface area contributed by atoms with Crippen LogP contribution in [0.15, 0.2) is 65.7 Å². The quantitative estimate of drug-likeness (QED) is 0.755. The number of aromatic amines is 1. The molecule has 118 valence electrons. The second kappa shape index (κ2) is 6.26. The number of carbonyl (C=O) groups is 1. The molecule has 0 bridgehead atoms. The van der Waals surface area contributed by atoms with Gasteiger partial charge in [0.1, 0.15) is 0 Å². The maximum absolute atomic E-state index is 12.1. The summed E-state index contributed by atoms with van der Waals surface area (Å²) in [4.78, 5) is 15.2. The van der Waals surface area contributed by atoms with Gasteiger partial charge in [0.25, 0.3) is 10.0 Å². The van der Waals surface area contributed by atoms with Crippen LogP contribution in [0.4, 0.5) is 0 Å². The van der Waals surface area contributed by atoms with Gasteiger partial charge in [-0.15, -0.1) is 0 Å². The van der Waals surface area contributed by atoms with Crippen molar-refractivity contribution < 1.29 is 13.2 Å². The van der Waals surface area contributed by atoms with E-state index in [9.17, 15) is 13.2 Å². The van der Waals surface area contributed by atoms with Crippen LogP contribution in [0, 0.1) is 0 Å². The first-order valence-electron chi connectivity index (χ1n) is 7.22. The smallest absolute Gasteiger partial charge is 0.264 e. The molecule has 0 atom stereocenters. The summed E-state index contributed by atoms with van der Waals surface area (Å²) in [5.41, 5.74) is 1.99. The maximum atomic E-state index is 12.1. The van der Waals surface area contributed by atoms with Crippen LogP contribution < -0.4 is 4.72 Å². The SMILES string of the molecule is O=C(CCc1c[nH]c2ccccc12)NS(=O)(=O)c1ccccc1. The fourth-order valence-corrected chi connectivity index (χ4v) is 3.48. The number of benzene rings is 2. The average molecular weight is 328 g/mol. The molecule has 5 nitrogen and oxygen atoms in total. The molecule has 2 N–H and O–H groups in total. The summed E-state index contributed by atoms with van der Waals surface area (Å²) in [5, 5.41) is 1.05. The minimum absolute atomic E-state index is 0.0837. The molecule has 1 aromatic heterocycles. The van der Waals surface area contributed by atoms with Gasteiger partial charge in [0, 0.05) is 23.5 Å². The van der Waals surface area contributed by atoms with Crippen molar-refractivity contribution in [3.63, 3.8) is 0 Å². The zero-order valence-electron chi connectivity index (χ0n) is 12.3. The molecule has 23 heavy (non-hydrogen) atoms. The lowest BCUT2D eigenvalue weighted by Crippen LogP contribution is -2.30. The highest BCUT2D eigenvalue weighted by Gasteiger charge is 2.17. The Morgan fingerprint density at radius 1 is 1.00 bits per heavy atom. The Kier molecular flexibility index (Phi) is 4.16. The molecule has 2 aromatic carbocycles. The maximum Gasteiger partial charge on any atom is 0.264 e. The largest absolute Gasteiger partial charge is 0.361 e. The lowest BCUT2D eigenvalue weighted by molar-refractivity contribution is -0.119. The van der Waals surface area contributed by atoms with Crippen molar-refractivity contribution in [3.8, 4) is 0 Å². The molecule has 0 aliphatic heterocycles. The molecule has 0 radical (unpaired) electrons. The normalized spacial score (nSPS) is 11.5. The van der Waals surface area contributed by atoms with Crippen molar-refractivity contribution in [3.05, 3.63) is 66.4 Å². The topological polar surface area (TPSA) is 79.0 Å². The molecule has 0 saturated heterocycles. The molecule has 1 amide bonds. The number of nitrogens with one attached hydrogen (secondary N) is 2. The van der Waals surface area contributed by atoms with Crippen molar-refractivity contribution in [2.45, 2.75) is 17.7 Å². The summed E-state index contributed by atoms with van der Waals surface area (Å²) in [6.45, 7) is 0. The number of aromatic nitrogens is 1. The number of H-pyrrole nitrogens is 1. The fourth-order valence-electron chi connectivity index (χ4n) is 2.45. The van der Waals surface area contributed by atoms with Gasteiger partial charge in [0.15, 0.2) is 0 Å². The fraction of sp³-hybridized carbons (Fsp3) is 0.118. The molecule has 3 aromatic rings. The molecule has 0 unspecified atom stereocenters. The zero-order valence-corrected chi connectivity index (χ0v) is 13.1. The summed E-state index contributed by atoms with van der Waals surface area (Å²) in [6.07, 6.45) is 2.43. The van der Waals surface area contributed by atoms with E-state index in [-0.39, 0.29) is 11.3 Å². The first-order valence-corrected chi connectivity index (χ1v) is 8.70. The monoisotopic (exact) mass is 328 g/mol. The van der Waals surface area contributed by atoms with Crippen LogP contribution in [0.3, 0.4) is 0 Å². The number of hydrogen-bond acceptors (Lipinski definition) is 3. The van der Waals surface area contributed by atoms with Gasteiger partial charge < -0.3 is 4.98 Å². The van der Waals surface area contributed by atoms with Crippen LogP contribution in [0.1, 0.15) is 12.0 Å². The second-order valence-corrected chi connectivity index (χ2v) is 6.88. The number of hydrogen-bond donors (Lipinski definition) is 2. The molecule has 0 fully saturated rings. The highest BCUT2D eigenvalue weighted by molar-refractivity contribution is 7.90. The standard InChI is InChI=1S/C17H16N2O3S/c20-17(19-23(21,22)14-6-2-1-3-7-14)11-10-13-12-18-16-9-5-4-8-15(13)16/h1-9,12,18H,10-11H2,(H,19,20). The highest BCUT2D eigenvalue weighted by Crippen LogP contribution is 2.19. The van der Waals surface area contributed by atoms with Crippen molar-refractivity contribution in [2.24, 2.45) is 0 Å². The number of rotatable bonds is 5. The minimum Gasteiger partial charge on any atom is -0.361 e. The van der Waals surface area contributed by atoms with Crippen LogP contribution >= 0.6 is 0 Å². The molecule has 6 heteroatoms. The summed E-state index contributed by atoms with van der Waals surface area (Å²) < 4.78 is 26.3. The van der Waals surface area contributed by atoms with Gasteiger partial charge in [-0.2, -0.15) is 0 Å². The number of sulfonamides is 1. The predicted octanol–water partition coefficient (Wildman–Crippen LogP) is 2.61. The van der Waals surface area contributed by atoms with Crippen LogP contribution in [0.5, 0.6) is 0 Å². The number of fused-ring (bicyclic) bond motifs is 1. The molecule has 0 aliphatic carbocycles. The van der Waals surface area contributed by atoms with Crippen LogP contribution in [-0.2, 0) is 21.2 Å². The van der Waals surface area contributed by atoms with E-state index in [4.69, 9.17) is 0 Å². The Bertz CT molecular complexity index is 931. The predicted molar refractivity (Wildman–Crippen MR) is 88.4 cm³/mol. The van der Waals surface area contributed by atoms with E-state index < -0.39 is 15.9 Å². The van der Waals surface area contributed by atoms with Gasteiger partial charge in [-0.1, -0.05) is 36.4 Å². The van der Waals surface area contributed by atoms with Gasteiger partial charge in [-0.25, -0.2) is 13.1 Å². The molecule has 0 spiro atoms. The number of amides is 1. The molecule has 3 rings (SSSR count). The van der Waals surface area contributed by atoms with Crippen LogP contribution in [0.2, 0.25) is 0 Å². The van der Waals surface area contributed by atoms with Gasteiger partial charge in [0.2, 0.25) is 5.91 Å². The van der Waals surface area contributed by atoms with E-state index >= 15 is 0 Å². The first kappa shape index (κ1) is 15.3. The van der Waals surface area contributed by atoms with Crippen LogP contribution in [0.25, 0.3) is 10.9 Å². The van der Waals surface area contributed by atoms with E-state index in [0.29, 0.717) is 6.42 Å². The van der Waals surface area contributed by atoms with E-state index in [1.165, 1.54) is 12.1 Å². The van der Waals surface area contributed by atoms with Gasteiger partial charge in [0.05, 0.1) is 4.90 Å². The summed E-state index contributed by atoms with van der Waals surface area (Å²) in [5.74, 6) is -0.515. The lowest BCUT2D eigenvalue weighted by Gasteiger charge is -2.06. The van der Waals surface area contributed by atoms with Crippen molar-refractivity contribution >= 4 is 26.8 Å². The molecule has 0 aliphatic rings. The Morgan fingerprint density at radius 3 is 2.48 bits per heavy atom. The third-order valence-electron chi connectivity index (χ3n) is 3.60. The van der Waals surface area contributed by atoms with Gasteiger partial charge in [-0.3, -0.25) is 4.79 Å². The van der Waals surface area contributed by atoms with E-state index in [1.807, 2.05) is 30.5 Å². The average Bonchev–Trinajstić information content (AvgIpc) is 2.97. The molecular formula is C17H16N2O3S. The summed E-state index contributed by atoms with van der Waals surface area (Å²) >= 11 is 0. The van der Waals surface area contributed by atoms with Gasteiger partial charge >= 0.3 is 0 Å². The van der Waals surface area contributed by atoms with E-state index in [2.05, 4.69) is 9.71 Å². The van der Waals surface area contributed by atoms with Crippen LogP contribution in [-0.4, -0.2) is 19.3 Å². The van der Waals surface area contributed by atoms with Crippen molar-refractivity contribution in [1.29, 1.82) is 0 Å². The van der Waals surface area contributed by atoms with E-state index in [1.54, 1.807) is 18.2 Å². The van der Waals surface area contributed by atoms with Gasteiger partial charge in [-0.05, 0) is 30.2 Å². The lowest BCUT2D eigenvalue weighted by atomic mass is 10.1. The molecular weight excluding hydrogens is 312 g/mol. The zero-order chi connectivity index (χ0) is 16.3. The Morgan fingerprint density at radius 2 is 1.70 bits per heavy atom. The minimum atomic E-state index is -3.80. The molecule has 0 saturated carbocycles. The second-order valence-electron chi connectivity index (χ2n) is 5.20. The summed E-state index contributed by atoms with van der Waals surface area (Å²) in [7, 11) is -3.80. The third kappa shape index (κ3) is 3.43. The van der Waals surface area contributed by atoms with Crippen molar-refractivity contribution in [2.75, 3.05) is 0 Å². The Labute approximate surface area is 134 Å². The number of carbonyl (C=O) groups excluding carboxylic acids is 1. The number of para-hydroxylation sites is 1. The first-order chi connectivity index (χ1) is 11.1. The highest BCUT2D eigenvalue weighted by atomic mass is 32.2. The van der Waals surface area contributed by atoms with Crippen molar-refractivity contribution in [1.82, 2.24) is 9.71 Å².